The highest BCUT2D eigenvalue weighted by atomic mass is 16.5. The number of carbonyl (C=O) groups is 1. The molecular formula is C21H21N3O2. The van der Waals surface area contributed by atoms with Crippen molar-refractivity contribution in [2.45, 2.75) is 6.92 Å². The highest BCUT2D eigenvalue weighted by Crippen LogP contribution is 2.26. The van der Waals surface area contributed by atoms with Crippen molar-refractivity contribution in [3.8, 4) is 16.9 Å². The summed E-state index contributed by atoms with van der Waals surface area (Å²) < 4.78 is 7.16. The van der Waals surface area contributed by atoms with Gasteiger partial charge in [0.25, 0.3) is 5.91 Å². The first-order chi connectivity index (χ1) is 12.7. The maximum atomic E-state index is 13.1. The molecule has 5 heteroatoms. The summed E-state index contributed by atoms with van der Waals surface area (Å²) in [6.07, 6.45) is 1.84. The Balaban J connectivity index is 1.80. The Bertz CT molecular complexity index is 912. The van der Waals surface area contributed by atoms with Gasteiger partial charge in [0, 0.05) is 24.8 Å². The first-order valence-electron chi connectivity index (χ1n) is 8.81. The Morgan fingerprint density at radius 1 is 1.04 bits per heavy atom. The average Bonchev–Trinajstić information content (AvgIpc) is 3.14. The molecule has 0 atom stereocenters. The zero-order chi connectivity index (χ0) is 17.9. The fourth-order valence-corrected chi connectivity index (χ4v) is 3.19. The first kappa shape index (κ1) is 16.5. The van der Waals surface area contributed by atoms with Gasteiger partial charge in [-0.05, 0) is 25.1 Å². The van der Waals surface area contributed by atoms with Crippen molar-refractivity contribution in [2.75, 3.05) is 26.3 Å². The van der Waals surface area contributed by atoms with Crippen LogP contribution in [-0.4, -0.2) is 46.9 Å². The molecule has 4 rings (SSSR count). The molecule has 132 valence electrons. The summed E-state index contributed by atoms with van der Waals surface area (Å²) in [5.74, 6) is 0.00647. The molecule has 1 amide bonds. The molecule has 2 heterocycles. The second kappa shape index (κ2) is 7.14. The smallest absolute Gasteiger partial charge is 0.257 e. The molecule has 0 aliphatic carbocycles. The number of benzene rings is 2. The standard InChI is InChI=1S/C21H21N3O2/c1-16-6-5-7-17(14-16)20-19(21(25)23-10-12-26-13-11-23)15-24(22-20)18-8-3-2-4-9-18/h2-9,14-15H,10-13H2,1H3. The average molecular weight is 347 g/mol. The molecule has 0 spiro atoms. The summed E-state index contributed by atoms with van der Waals surface area (Å²) in [7, 11) is 0. The lowest BCUT2D eigenvalue weighted by molar-refractivity contribution is 0.0303. The Hall–Kier alpha value is -2.92. The SMILES string of the molecule is Cc1cccc(-c2nn(-c3ccccc3)cc2C(=O)N2CCOCC2)c1. The van der Waals surface area contributed by atoms with Crippen molar-refractivity contribution < 1.29 is 9.53 Å². The van der Waals surface area contributed by atoms with Crippen molar-refractivity contribution in [3.63, 3.8) is 0 Å². The van der Waals surface area contributed by atoms with Crippen molar-refractivity contribution in [1.29, 1.82) is 0 Å². The van der Waals surface area contributed by atoms with E-state index < -0.39 is 0 Å². The molecule has 3 aromatic rings. The third-order valence-electron chi connectivity index (χ3n) is 4.56. The third kappa shape index (κ3) is 3.26. The number of hydrogen-bond acceptors (Lipinski definition) is 3. The van der Waals surface area contributed by atoms with Gasteiger partial charge in [0.1, 0.15) is 5.69 Å². The number of morpholine rings is 1. The molecule has 1 aromatic heterocycles. The zero-order valence-corrected chi connectivity index (χ0v) is 14.8. The van der Waals surface area contributed by atoms with Gasteiger partial charge in [0.2, 0.25) is 0 Å². The van der Waals surface area contributed by atoms with E-state index in [1.165, 1.54) is 0 Å². The van der Waals surface area contributed by atoms with E-state index in [2.05, 4.69) is 6.07 Å². The van der Waals surface area contributed by atoms with E-state index in [1.807, 2.05) is 66.6 Å². The van der Waals surface area contributed by atoms with Gasteiger partial charge < -0.3 is 9.64 Å². The van der Waals surface area contributed by atoms with Crippen LogP contribution in [0.15, 0.2) is 60.8 Å². The van der Waals surface area contributed by atoms with E-state index in [0.29, 0.717) is 37.6 Å². The largest absolute Gasteiger partial charge is 0.378 e. The summed E-state index contributed by atoms with van der Waals surface area (Å²) >= 11 is 0. The van der Waals surface area contributed by atoms with Crippen molar-refractivity contribution in [1.82, 2.24) is 14.7 Å². The number of carbonyl (C=O) groups excluding carboxylic acids is 1. The predicted molar refractivity (Wildman–Crippen MR) is 100 cm³/mol. The zero-order valence-electron chi connectivity index (χ0n) is 14.8. The van der Waals surface area contributed by atoms with E-state index in [4.69, 9.17) is 9.84 Å². The first-order valence-corrected chi connectivity index (χ1v) is 8.81. The van der Waals surface area contributed by atoms with E-state index in [0.717, 1.165) is 16.8 Å². The minimum atomic E-state index is 0.00647. The Morgan fingerprint density at radius 2 is 1.81 bits per heavy atom. The van der Waals surface area contributed by atoms with E-state index in [-0.39, 0.29) is 5.91 Å². The van der Waals surface area contributed by atoms with Gasteiger partial charge in [-0.25, -0.2) is 4.68 Å². The normalized spacial score (nSPS) is 14.4. The lowest BCUT2D eigenvalue weighted by Crippen LogP contribution is -2.40. The number of aromatic nitrogens is 2. The molecule has 1 aliphatic heterocycles. The van der Waals surface area contributed by atoms with E-state index in [9.17, 15) is 4.79 Å². The summed E-state index contributed by atoms with van der Waals surface area (Å²) in [4.78, 5) is 15.0. The second-order valence-corrected chi connectivity index (χ2v) is 6.45. The van der Waals surface area contributed by atoms with Crippen LogP contribution in [0.5, 0.6) is 0 Å². The van der Waals surface area contributed by atoms with Crippen LogP contribution in [0.2, 0.25) is 0 Å². The number of para-hydroxylation sites is 1. The predicted octanol–water partition coefficient (Wildman–Crippen LogP) is 3.32. The molecule has 1 saturated heterocycles. The molecule has 2 aromatic carbocycles. The van der Waals surface area contributed by atoms with Crippen LogP contribution in [0.4, 0.5) is 0 Å². The number of ether oxygens (including phenoxy) is 1. The van der Waals surface area contributed by atoms with Gasteiger partial charge in [0.15, 0.2) is 0 Å². The summed E-state index contributed by atoms with van der Waals surface area (Å²) in [6, 6.07) is 18.0. The Labute approximate surface area is 152 Å². The van der Waals surface area contributed by atoms with Gasteiger partial charge in [-0.1, -0.05) is 42.0 Å². The lowest BCUT2D eigenvalue weighted by atomic mass is 10.0. The van der Waals surface area contributed by atoms with Gasteiger partial charge in [0.05, 0.1) is 24.5 Å². The molecule has 26 heavy (non-hydrogen) atoms. The Morgan fingerprint density at radius 3 is 2.54 bits per heavy atom. The summed E-state index contributed by atoms with van der Waals surface area (Å²) in [5, 5.41) is 4.75. The van der Waals surface area contributed by atoms with Crippen molar-refractivity contribution >= 4 is 5.91 Å². The van der Waals surface area contributed by atoms with Crippen LogP contribution < -0.4 is 0 Å². The van der Waals surface area contributed by atoms with Crippen LogP contribution >= 0.6 is 0 Å². The quantitative estimate of drug-likeness (QED) is 0.730. The molecule has 0 saturated carbocycles. The third-order valence-corrected chi connectivity index (χ3v) is 4.56. The van der Waals surface area contributed by atoms with Gasteiger partial charge in [-0.3, -0.25) is 4.79 Å². The maximum absolute atomic E-state index is 13.1. The van der Waals surface area contributed by atoms with Crippen molar-refractivity contribution in [3.05, 3.63) is 71.9 Å². The van der Waals surface area contributed by atoms with Crippen LogP contribution in [0.25, 0.3) is 16.9 Å². The van der Waals surface area contributed by atoms with E-state index >= 15 is 0 Å². The van der Waals surface area contributed by atoms with Crippen LogP contribution in [0.1, 0.15) is 15.9 Å². The number of aryl methyl sites for hydroxylation is 1. The van der Waals surface area contributed by atoms with Crippen molar-refractivity contribution in [2.24, 2.45) is 0 Å². The Kier molecular flexibility index (Phi) is 4.54. The lowest BCUT2D eigenvalue weighted by Gasteiger charge is -2.26. The maximum Gasteiger partial charge on any atom is 0.257 e. The molecule has 1 fully saturated rings. The number of nitrogens with zero attached hydrogens (tertiary/aromatic N) is 3. The van der Waals surface area contributed by atoms with Crippen LogP contribution in [0.3, 0.4) is 0 Å². The molecule has 0 unspecified atom stereocenters. The minimum Gasteiger partial charge on any atom is -0.378 e. The highest BCUT2D eigenvalue weighted by molar-refractivity contribution is 6.00. The molecular weight excluding hydrogens is 326 g/mol. The minimum absolute atomic E-state index is 0.00647. The van der Waals surface area contributed by atoms with Crippen LogP contribution in [0, 0.1) is 6.92 Å². The number of amides is 1. The monoisotopic (exact) mass is 347 g/mol. The van der Waals surface area contributed by atoms with Gasteiger partial charge in [-0.15, -0.1) is 0 Å². The molecule has 1 aliphatic rings. The fourth-order valence-electron chi connectivity index (χ4n) is 3.19. The summed E-state index contributed by atoms with van der Waals surface area (Å²) in [6.45, 7) is 4.43. The van der Waals surface area contributed by atoms with Gasteiger partial charge >= 0.3 is 0 Å². The molecule has 0 bridgehead atoms. The number of hydrogen-bond donors (Lipinski definition) is 0. The molecule has 0 N–H and O–H groups in total. The molecule has 0 radical (unpaired) electrons. The van der Waals surface area contributed by atoms with E-state index in [1.54, 1.807) is 4.68 Å². The van der Waals surface area contributed by atoms with Gasteiger partial charge in [-0.2, -0.15) is 5.10 Å². The number of rotatable bonds is 3. The molecule has 5 nitrogen and oxygen atoms in total. The highest BCUT2D eigenvalue weighted by Gasteiger charge is 2.24. The van der Waals surface area contributed by atoms with Crippen LogP contribution in [-0.2, 0) is 4.74 Å². The fraction of sp³-hybridized carbons (Fsp3) is 0.238. The summed E-state index contributed by atoms with van der Waals surface area (Å²) in [5.41, 5.74) is 4.37. The second-order valence-electron chi connectivity index (χ2n) is 6.45. The topological polar surface area (TPSA) is 47.4 Å².